The molecule has 1 aliphatic heterocycles. The summed E-state index contributed by atoms with van der Waals surface area (Å²) in [6.07, 6.45) is -1.88. The zero-order valence-corrected chi connectivity index (χ0v) is 75.6. The molecule has 0 fully saturated rings. The average molecular weight is 1920 g/mol. The number of carbonyl (C=O) groups is 14. The molecule has 2 aliphatic rings. The zero-order valence-electron chi connectivity index (χ0n) is 75.6. The lowest BCUT2D eigenvalue weighted by Crippen LogP contribution is -2.60. The van der Waals surface area contributed by atoms with Crippen LogP contribution in [-0.2, 0) is 64.0 Å². The molecule has 1 heterocycles. The van der Waals surface area contributed by atoms with E-state index in [1.165, 1.54) is 66.7 Å². The van der Waals surface area contributed by atoms with Crippen LogP contribution in [0.25, 0.3) is 33.4 Å². The number of guanidine groups is 6. The van der Waals surface area contributed by atoms with Crippen molar-refractivity contribution in [3.05, 3.63) is 106 Å². The van der Waals surface area contributed by atoms with Crippen LogP contribution < -0.4 is 153 Å². The number of nitrogens with one attached hydrogen (secondary N) is 23. The molecule has 52 nitrogen and oxygen atoms in total. The Bertz CT molecular complexity index is 5100. The van der Waals surface area contributed by atoms with Crippen LogP contribution in [-0.4, -0.2) is 253 Å². The number of aromatic hydroxyl groups is 2. The minimum Gasteiger partial charge on any atom is -0.508 e. The highest BCUT2D eigenvalue weighted by molar-refractivity contribution is 6.10. The van der Waals surface area contributed by atoms with Gasteiger partial charge in [0.05, 0.1) is 12.1 Å². The van der Waals surface area contributed by atoms with Gasteiger partial charge in [-0.15, -0.1) is 0 Å². The lowest BCUT2D eigenvalue weighted by molar-refractivity contribution is -0.136. The molecule has 46 N–H and O–H groups in total. The lowest BCUT2D eigenvalue weighted by Gasteiger charge is -2.28. The number of phenolic OH excluding ortho intramolecular Hbond substituents is 2. The Labute approximate surface area is 787 Å². The molecule has 748 valence electrons. The van der Waals surface area contributed by atoms with Gasteiger partial charge in [0.25, 0.3) is 5.91 Å². The summed E-state index contributed by atoms with van der Waals surface area (Å²) in [6, 6.07) is 1.36. The molecule has 5 rings (SSSR count). The normalized spacial score (nSPS) is 13.1. The van der Waals surface area contributed by atoms with E-state index in [-0.39, 0.29) is 230 Å². The highest BCUT2D eigenvalue weighted by atomic mass is 16.4. The first kappa shape index (κ1) is 112. The van der Waals surface area contributed by atoms with E-state index in [1.54, 1.807) is 0 Å². The Morgan fingerprint density at radius 2 is 0.708 bits per heavy atom. The molecule has 0 aromatic heterocycles. The molecule has 3 aromatic rings. The highest BCUT2D eigenvalue weighted by Crippen LogP contribution is 2.42. The summed E-state index contributed by atoms with van der Waals surface area (Å²) in [4.78, 5) is 212. The van der Waals surface area contributed by atoms with Crippen LogP contribution in [0, 0.1) is 32.5 Å². The standard InChI is InChI=1S/C85H129N33O19/c86-31-3-1-11-55(111-71(127)54(14-6-34-103-81(92)93)109-66(123)43-108-70(126)62(39-44-19-22-46(119)23-20-44)118-69(125)45-21-26-49(79(135)136)52(40-45)67-50-27-24-47(120)41-63(50)137-64-42-48(121)25-28-51(64)67)73(129)112-56(12-2-4-32-87)74(130)114-58(16-8-36-105-83(96)97)75(131)115-60(18-10-38-107-85(100)101)77(133)117-61(29-30-65(88)122)78(134)116-59(17-9-37-106-84(98)99)76(132)113-57(15-7-35-104-82(94)95)72(128)110-53(68(89)124)13-5-33-102-80(90)91/h19-28,40-42,53-62,119-120H,1-18,29-39,43,86-87H2,(H2,88,122)(H2,89,124)(H,108,126)(H,109,123)(H,110,128)(H,111,127)(H,112,129)(H,113,132)(H,114,130)(H,115,131)(H,116,134)(H,117,133)(H,118,125)(H,135,136)(H4,90,91,102)(H4,92,93,103)(H4,94,95,104)(H4,96,97,105)(H4,98,99,106)(H4,100,101,107)/t53-,54-,55-,56-,57-,58-,59-,60-,61-,62-/m0/s1. The van der Waals surface area contributed by atoms with Gasteiger partial charge in [-0.05, 0) is 201 Å². The van der Waals surface area contributed by atoms with Crippen LogP contribution in [0.3, 0.4) is 0 Å². The number of hydrogen-bond donors (Lipinski definition) is 36. The van der Waals surface area contributed by atoms with E-state index in [1.807, 2.05) is 0 Å². The van der Waals surface area contributed by atoms with Crippen molar-refractivity contribution in [3.63, 3.8) is 0 Å². The number of amides is 13. The predicted octanol–water partition coefficient (Wildman–Crippen LogP) is -6.92. The smallest absolute Gasteiger partial charge is 0.336 e. The minimum absolute atomic E-state index is 0.00423. The van der Waals surface area contributed by atoms with Gasteiger partial charge in [-0.25, -0.2) is 4.79 Å². The van der Waals surface area contributed by atoms with E-state index in [4.69, 9.17) is 94.2 Å². The number of carboxylic acids is 1. The van der Waals surface area contributed by atoms with Crippen LogP contribution in [0.5, 0.6) is 11.5 Å². The summed E-state index contributed by atoms with van der Waals surface area (Å²) in [5.74, 6) is -17.4. The van der Waals surface area contributed by atoms with Crippen molar-refractivity contribution in [2.75, 3.05) is 58.9 Å². The molecule has 0 bridgehead atoms. The van der Waals surface area contributed by atoms with E-state index in [2.05, 4.69) is 90.4 Å². The Morgan fingerprint density at radius 3 is 1.07 bits per heavy atom. The van der Waals surface area contributed by atoms with Crippen LogP contribution >= 0.6 is 0 Å². The Hall–Kier alpha value is -15.9. The van der Waals surface area contributed by atoms with E-state index < -0.39 is 198 Å². The van der Waals surface area contributed by atoms with Crippen LogP contribution in [0.15, 0.2) is 88.1 Å². The number of aromatic carboxylic acids is 1. The fraction of sp³-hybridized carbons (Fsp3) is 0.471. The lowest BCUT2D eigenvalue weighted by atomic mass is 9.89. The Kier molecular flexibility index (Phi) is 47.4. The van der Waals surface area contributed by atoms with Crippen molar-refractivity contribution in [1.82, 2.24) is 90.4 Å². The largest absolute Gasteiger partial charge is 0.508 e. The summed E-state index contributed by atoms with van der Waals surface area (Å²) < 4.78 is 5.97. The third kappa shape index (κ3) is 40.6. The maximum Gasteiger partial charge on any atom is 0.336 e. The molecular weight excluding hydrogens is 1790 g/mol. The molecule has 0 saturated carbocycles. The maximum absolute atomic E-state index is 15.0. The Morgan fingerprint density at radius 1 is 0.350 bits per heavy atom. The minimum atomic E-state index is -1.77. The maximum atomic E-state index is 15.0. The molecule has 137 heavy (non-hydrogen) atoms. The van der Waals surface area contributed by atoms with Gasteiger partial charge in [0.1, 0.15) is 83.3 Å². The predicted molar refractivity (Wildman–Crippen MR) is 505 cm³/mol. The number of unbranched alkanes of at least 4 members (excludes halogenated alkanes) is 2. The molecule has 0 spiro atoms. The van der Waals surface area contributed by atoms with E-state index in [9.17, 15) is 77.6 Å². The first-order chi connectivity index (χ1) is 65.1. The van der Waals surface area contributed by atoms with Crippen molar-refractivity contribution < 1.29 is 86.9 Å². The van der Waals surface area contributed by atoms with Gasteiger partial charge in [-0.3, -0.25) is 99.6 Å². The fourth-order valence-corrected chi connectivity index (χ4v) is 14.1. The number of primary amides is 2. The van der Waals surface area contributed by atoms with E-state index in [0.29, 0.717) is 12.0 Å². The SMILES string of the molecule is N=C(N)NCCC[C@H](NC(=O)[C@H](CCCNC(=N)N)NC(=O)[C@H](CCCNC(=N)N)NC(=O)[C@H](CCC(N)=O)NC(=O)[C@H](CCCNC(=N)N)NC(=O)[C@H](CCCNC(=N)N)NC(=O)[C@H](CCCCN)NC(=O)[C@H](CCCCN)NC(=O)[C@H](CCCNC(=N)N)NC(=O)CNC(=O)[C@H](Cc1ccc(O)cc1)NC(=O)c1ccc(C(=O)O)c(-c2c3ccc(=O)cc-3oc3cc(O)ccc23)c1)C(N)=O. The third-order valence-electron chi connectivity index (χ3n) is 21.1. The van der Waals surface area contributed by atoms with Crippen LogP contribution in [0.1, 0.15) is 155 Å². The molecule has 3 aromatic carbocycles. The molecule has 1 aliphatic carbocycles. The monoisotopic (exact) mass is 1920 g/mol. The number of rotatable bonds is 62. The number of phenols is 2. The van der Waals surface area contributed by atoms with Gasteiger partial charge in [-0.1, -0.05) is 12.1 Å². The van der Waals surface area contributed by atoms with E-state index >= 15 is 9.59 Å². The second kappa shape index (κ2) is 58.2. The van der Waals surface area contributed by atoms with E-state index in [0.717, 1.165) is 12.1 Å². The first-order valence-electron chi connectivity index (χ1n) is 44.2. The molecule has 52 heteroatoms. The van der Waals surface area contributed by atoms with Gasteiger partial charge >= 0.3 is 5.97 Å². The van der Waals surface area contributed by atoms with Gasteiger partial charge in [0.2, 0.25) is 70.9 Å². The first-order valence-corrected chi connectivity index (χ1v) is 44.2. The summed E-state index contributed by atoms with van der Waals surface area (Å²) in [6.45, 7) is -0.741. The number of carboxylic acid groups (broad SMARTS) is 1. The third-order valence-corrected chi connectivity index (χ3v) is 21.1. The molecule has 0 unspecified atom stereocenters. The van der Waals surface area contributed by atoms with Crippen molar-refractivity contribution in [2.45, 2.75) is 195 Å². The molecule has 13 amide bonds. The highest BCUT2D eigenvalue weighted by Gasteiger charge is 2.37. The number of carbonyl (C=O) groups excluding carboxylic acids is 13. The van der Waals surface area contributed by atoms with Gasteiger partial charge in [0, 0.05) is 86.3 Å². The fourth-order valence-electron chi connectivity index (χ4n) is 14.1. The van der Waals surface area contributed by atoms with Crippen LogP contribution in [0.2, 0.25) is 0 Å². The molecular formula is C85H129N33O19. The topological polar surface area (TPSA) is 938 Å². The van der Waals surface area contributed by atoms with Gasteiger partial charge in [-0.2, -0.15) is 0 Å². The quantitative estimate of drug-likeness (QED) is 0.00744. The second-order valence-corrected chi connectivity index (χ2v) is 32.0. The summed E-state index contributed by atoms with van der Waals surface area (Å²) in [7, 11) is 0. The second-order valence-electron chi connectivity index (χ2n) is 32.0. The van der Waals surface area contributed by atoms with Gasteiger partial charge in [0.15, 0.2) is 41.2 Å². The molecule has 0 radical (unpaired) electrons. The van der Waals surface area contributed by atoms with Crippen molar-refractivity contribution in [1.29, 1.82) is 32.5 Å². The van der Waals surface area contributed by atoms with Crippen molar-refractivity contribution in [2.24, 2.45) is 57.3 Å². The average Bonchev–Trinajstić information content (AvgIpc) is 0.744. The van der Waals surface area contributed by atoms with Crippen molar-refractivity contribution >= 4 is 129 Å². The summed E-state index contributed by atoms with van der Waals surface area (Å²) in [5, 5.41) is 121. The molecule has 0 saturated heterocycles. The zero-order chi connectivity index (χ0) is 101. The number of hydrogen-bond acceptors (Lipinski definition) is 26. The summed E-state index contributed by atoms with van der Waals surface area (Å²) in [5.41, 5.74) is 56.1. The molecule has 10 atom stereocenters. The number of fused-ring (bicyclic) bond motifs is 2. The Balaban J connectivity index is 1.45. The summed E-state index contributed by atoms with van der Waals surface area (Å²) >= 11 is 0. The van der Waals surface area contributed by atoms with Gasteiger partial charge < -0.3 is 167 Å². The number of benzene rings is 4. The van der Waals surface area contributed by atoms with Crippen LogP contribution in [0.4, 0.5) is 0 Å². The number of nitrogens with two attached hydrogens (primary N) is 10. The van der Waals surface area contributed by atoms with Crippen molar-refractivity contribution in [3.8, 4) is 33.9 Å².